The number of halogens is 3. The Hall–Kier alpha value is -1.52. The molecule has 0 unspecified atom stereocenters. The smallest absolute Gasteiger partial charge is 0.417 e. The van der Waals surface area contributed by atoms with E-state index in [-0.39, 0.29) is 17.6 Å². The fraction of sp³-hybridized carbons (Fsp3) is 0.462. The number of hydrogen-bond donors (Lipinski definition) is 0. The maximum atomic E-state index is 12.7. The van der Waals surface area contributed by atoms with Crippen molar-refractivity contribution in [1.82, 2.24) is 0 Å². The molecule has 0 atom stereocenters. The molecule has 0 spiro atoms. The molecule has 1 rings (SSSR count). The van der Waals surface area contributed by atoms with Crippen LogP contribution in [0.1, 0.15) is 43.1 Å². The Morgan fingerprint density at radius 2 is 1.89 bits per heavy atom. The van der Waals surface area contributed by atoms with Gasteiger partial charge in [-0.3, -0.25) is 4.79 Å². The lowest BCUT2D eigenvalue weighted by atomic mass is 10.1. The van der Waals surface area contributed by atoms with Gasteiger partial charge < -0.3 is 4.74 Å². The number of rotatable bonds is 4. The Bertz CT molecular complexity index is 436. The monoisotopic (exact) mass is 260 g/mol. The molecule has 5 heteroatoms. The minimum absolute atomic E-state index is 0.111. The van der Waals surface area contributed by atoms with Crippen molar-refractivity contribution in [3.8, 4) is 5.75 Å². The summed E-state index contributed by atoms with van der Waals surface area (Å²) in [6, 6.07) is 3.36. The van der Waals surface area contributed by atoms with E-state index >= 15 is 0 Å². The zero-order valence-electron chi connectivity index (χ0n) is 10.5. The van der Waals surface area contributed by atoms with Crippen molar-refractivity contribution >= 4 is 6.29 Å². The molecule has 0 aliphatic heterocycles. The predicted octanol–water partition coefficient (Wildman–Crippen LogP) is 4.09. The third-order valence-corrected chi connectivity index (χ3v) is 2.70. The highest BCUT2D eigenvalue weighted by molar-refractivity contribution is 5.78. The fourth-order valence-corrected chi connectivity index (χ4v) is 1.34. The van der Waals surface area contributed by atoms with Crippen LogP contribution in [0.2, 0.25) is 0 Å². The molecule has 0 saturated heterocycles. The molecular formula is C13H15F3O2. The van der Waals surface area contributed by atoms with E-state index in [0.717, 1.165) is 12.1 Å². The SMILES string of the molecule is CCC(C)(C)Oc1ccc(C=O)c(C(F)(F)F)c1. The summed E-state index contributed by atoms with van der Waals surface area (Å²) >= 11 is 0. The number of ether oxygens (including phenoxy) is 1. The average molecular weight is 260 g/mol. The number of benzene rings is 1. The molecule has 1 aromatic rings. The second kappa shape index (κ2) is 5.00. The van der Waals surface area contributed by atoms with Gasteiger partial charge in [-0.25, -0.2) is 0 Å². The Kier molecular flexibility index (Phi) is 4.04. The molecule has 0 radical (unpaired) electrons. The van der Waals surface area contributed by atoms with Gasteiger partial charge in [0.2, 0.25) is 0 Å². The molecule has 0 fully saturated rings. The minimum Gasteiger partial charge on any atom is -0.488 e. The first-order valence-electron chi connectivity index (χ1n) is 5.55. The molecule has 0 saturated carbocycles. The van der Waals surface area contributed by atoms with Crippen molar-refractivity contribution in [1.29, 1.82) is 0 Å². The highest BCUT2D eigenvalue weighted by Crippen LogP contribution is 2.34. The van der Waals surface area contributed by atoms with Gasteiger partial charge >= 0.3 is 6.18 Å². The number of hydrogen-bond acceptors (Lipinski definition) is 2. The first kappa shape index (κ1) is 14.5. The van der Waals surface area contributed by atoms with E-state index in [9.17, 15) is 18.0 Å². The second-order valence-corrected chi connectivity index (χ2v) is 4.58. The second-order valence-electron chi connectivity index (χ2n) is 4.58. The van der Waals surface area contributed by atoms with E-state index in [1.807, 2.05) is 6.92 Å². The standard InChI is InChI=1S/C13H15F3O2/c1-4-12(2,3)18-10-6-5-9(8-17)11(7-10)13(14,15)16/h5-8H,4H2,1-3H3. The van der Waals surface area contributed by atoms with Crippen LogP contribution in [0.3, 0.4) is 0 Å². The van der Waals surface area contributed by atoms with E-state index in [1.54, 1.807) is 13.8 Å². The van der Waals surface area contributed by atoms with Gasteiger partial charge in [-0.15, -0.1) is 0 Å². The molecular weight excluding hydrogens is 245 g/mol. The number of aldehydes is 1. The minimum atomic E-state index is -4.56. The van der Waals surface area contributed by atoms with Crippen molar-refractivity contribution in [2.45, 2.75) is 39.0 Å². The maximum Gasteiger partial charge on any atom is 0.417 e. The van der Waals surface area contributed by atoms with Crippen LogP contribution in [0, 0.1) is 0 Å². The summed E-state index contributed by atoms with van der Waals surface area (Å²) < 4.78 is 43.6. The van der Waals surface area contributed by atoms with E-state index in [1.165, 1.54) is 6.07 Å². The first-order valence-corrected chi connectivity index (χ1v) is 5.55. The van der Waals surface area contributed by atoms with Gasteiger partial charge in [-0.1, -0.05) is 6.92 Å². The third kappa shape index (κ3) is 3.48. The van der Waals surface area contributed by atoms with Crippen molar-refractivity contribution in [3.05, 3.63) is 29.3 Å². The summed E-state index contributed by atoms with van der Waals surface area (Å²) in [5, 5.41) is 0. The highest BCUT2D eigenvalue weighted by Gasteiger charge is 2.34. The van der Waals surface area contributed by atoms with Crippen LogP contribution in [0.25, 0.3) is 0 Å². The zero-order chi connectivity index (χ0) is 14.0. The van der Waals surface area contributed by atoms with Gasteiger partial charge in [0.25, 0.3) is 0 Å². The molecule has 100 valence electrons. The molecule has 0 heterocycles. The summed E-state index contributed by atoms with van der Waals surface area (Å²) in [5.74, 6) is 0.111. The number of carbonyl (C=O) groups is 1. The number of alkyl halides is 3. The van der Waals surface area contributed by atoms with Gasteiger partial charge in [0.1, 0.15) is 11.4 Å². The highest BCUT2D eigenvalue weighted by atomic mass is 19.4. The van der Waals surface area contributed by atoms with E-state index < -0.39 is 17.3 Å². The summed E-state index contributed by atoms with van der Waals surface area (Å²) in [5.41, 5.74) is -1.91. The van der Waals surface area contributed by atoms with E-state index in [4.69, 9.17) is 4.74 Å². The van der Waals surface area contributed by atoms with Crippen molar-refractivity contribution in [3.63, 3.8) is 0 Å². The Morgan fingerprint density at radius 3 is 2.33 bits per heavy atom. The fourth-order valence-electron chi connectivity index (χ4n) is 1.34. The van der Waals surface area contributed by atoms with Gasteiger partial charge in [0.15, 0.2) is 6.29 Å². The maximum absolute atomic E-state index is 12.7. The van der Waals surface area contributed by atoms with Crippen LogP contribution in [0.5, 0.6) is 5.75 Å². The van der Waals surface area contributed by atoms with Crippen LogP contribution < -0.4 is 4.74 Å². The van der Waals surface area contributed by atoms with Gasteiger partial charge in [0.05, 0.1) is 5.56 Å². The summed E-state index contributed by atoms with van der Waals surface area (Å²) in [6.07, 6.45) is -3.71. The molecule has 0 aromatic heterocycles. The van der Waals surface area contributed by atoms with Crippen LogP contribution in [-0.2, 0) is 6.18 Å². The third-order valence-electron chi connectivity index (χ3n) is 2.70. The first-order chi connectivity index (χ1) is 8.19. The quantitative estimate of drug-likeness (QED) is 0.762. The predicted molar refractivity (Wildman–Crippen MR) is 61.8 cm³/mol. The van der Waals surface area contributed by atoms with Crippen molar-refractivity contribution < 1.29 is 22.7 Å². The Morgan fingerprint density at radius 1 is 1.28 bits per heavy atom. The van der Waals surface area contributed by atoms with Crippen molar-refractivity contribution in [2.24, 2.45) is 0 Å². The van der Waals surface area contributed by atoms with Crippen LogP contribution in [-0.4, -0.2) is 11.9 Å². The number of carbonyl (C=O) groups excluding carboxylic acids is 1. The van der Waals surface area contributed by atoms with Crippen LogP contribution >= 0.6 is 0 Å². The molecule has 0 N–H and O–H groups in total. The topological polar surface area (TPSA) is 26.3 Å². The molecule has 0 bridgehead atoms. The summed E-state index contributed by atoms with van der Waals surface area (Å²) in [4.78, 5) is 10.6. The van der Waals surface area contributed by atoms with Crippen LogP contribution in [0.15, 0.2) is 18.2 Å². The zero-order valence-corrected chi connectivity index (χ0v) is 10.5. The lowest BCUT2D eigenvalue weighted by Crippen LogP contribution is -2.27. The van der Waals surface area contributed by atoms with Crippen molar-refractivity contribution in [2.75, 3.05) is 0 Å². The summed E-state index contributed by atoms with van der Waals surface area (Å²) in [7, 11) is 0. The van der Waals surface area contributed by atoms with E-state index in [0.29, 0.717) is 6.42 Å². The molecule has 2 nitrogen and oxygen atoms in total. The Balaban J connectivity index is 3.15. The van der Waals surface area contributed by atoms with Gasteiger partial charge in [0, 0.05) is 5.56 Å². The Labute approximate surface area is 104 Å². The molecule has 18 heavy (non-hydrogen) atoms. The largest absolute Gasteiger partial charge is 0.488 e. The molecule has 0 aliphatic carbocycles. The lowest BCUT2D eigenvalue weighted by molar-refractivity contribution is -0.138. The molecule has 0 aliphatic rings. The van der Waals surface area contributed by atoms with Gasteiger partial charge in [-0.2, -0.15) is 13.2 Å². The lowest BCUT2D eigenvalue weighted by Gasteiger charge is -2.25. The average Bonchev–Trinajstić information content (AvgIpc) is 2.27. The van der Waals surface area contributed by atoms with E-state index in [2.05, 4.69) is 0 Å². The van der Waals surface area contributed by atoms with Crippen LogP contribution in [0.4, 0.5) is 13.2 Å². The molecule has 0 amide bonds. The van der Waals surface area contributed by atoms with Gasteiger partial charge in [-0.05, 0) is 38.5 Å². The summed E-state index contributed by atoms with van der Waals surface area (Å²) in [6.45, 7) is 5.45. The molecule has 1 aromatic carbocycles. The normalized spacial score (nSPS) is 12.3.